The zero-order chi connectivity index (χ0) is 27.9. The lowest BCUT2D eigenvalue weighted by Gasteiger charge is -2.46. The second-order valence-corrected chi connectivity index (χ2v) is 11.9. The number of aromatic nitrogens is 1. The van der Waals surface area contributed by atoms with Crippen LogP contribution >= 0.6 is 0 Å². The van der Waals surface area contributed by atoms with Gasteiger partial charge in [-0.1, -0.05) is 31.2 Å². The Morgan fingerprint density at radius 1 is 1.23 bits per heavy atom. The summed E-state index contributed by atoms with van der Waals surface area (Å²) in [6.07, 6.45) is 4.30. The lowest BCUT2D eigenvalue weighted by Crippen LogP contribution is -2.52. The Kier molecular flexibility index (Phi) is 7.31. The van der Waals surface area contributed by atoms with Crippen LogP contribution in [0.4, 0.5) is 11.7 Å². The molecule has 6 rings (SSSR count). The molecule has 3 aromatic rings. The number of methoxy groups -OCH3 is 1. The normalized spacial score (nSPS) is 24.1. The first-order chi connectivity index (χ1) is 19.4. The number of piperidine rings is 2. The Hall–Kier alpha value is -3.36. The van der Waals surface area contributed by atoms with Gasteiger partial charge in [-0.25, -0.2) is 9.78 Å². The van der Waals surface area contributed by atoms with Crippen molar-refractivity contribution in [3.8, 4) is 11.3 Å². The van der Waals surface area contributed by atoms with Crippen molar-refractivity contribution in [1.82, 2.24) is 9.88 Å². The number of hydrogen-bond acceptors (Lipinski definition) is 8. The van der Waals surface area contributed by atoms with Gasteiger partial charge in [-0.15, -0.1) is 0 Å². The molecule has 3 aliphatic heterocycles. The largest absolute Gasteiger partial charge is 0.465 e. The number of likely N-dealkylation sites (tertiary alicyclic amines) is 1. The molecule has 4 heterocycles. The number of anilines is 2. The van der Waals surface area contributed by atoms with E-state index in [-0.39, 0.29) is 23.4 Å². The average Bonchev–Trinajstić information content (AvgIpc) is 3.61. The number of nitrogens with one attached hydrogen (secondary N) is 1. The lowest BCUT2D eigenvalue weighted by molar-refractivity contribution is 0.0242. The van der Waals surface area contributed by atoms with Crippen LogP contribution in [0.25, 0.3) is 11.3 Å². The van der Waals surface area contributed by atoms with E-state index in [4.69, 9.17) is 9.15 Å². The van der Waals surface area contributed by atoms with Gasteiger partial charge in [-0.2, -0.15) is 0 Å². The summed E-state index contributed by atoms with van der Waals surface area (Å²) in [5.74, 6) is 1.04. The minimum absolute atomic E-state index is 0.200. The molecule has 2 saturated heterocycles. The van der Waals surface area contributed by atoms with E-state index in [0.29, 0.717) is 23.3 Å². The number of aryl methyl sites for hydroxylation is 1. The van der Waals surface area contributed by atoms with Gasteiger partial charge in [0.25, 0.3) is 6.01 Å². The van der Waals surface area contributed by atoms with E-state index in [1.54, 1.807) is 18.3 Å². The average molecular weight is 545 g/mol. The summed E-state index contributed by atoms with van der Waals surface area (Å²) in [6, 6.07) is 14.6. The Morgan fingerprint density at radius 2 is 2.05 bits per heavy atom. The van der Waals surface area contributed by atoms with Crippen molar-refractivity contribution < 1.29 is 19.1 Å². The summed E-state index contributed by atoms with van der Waals surface area (Å²) in [7, 11) is 1.37. The number of aliphatic hydroxyl groups excluding tert-OH is 1. The van der Waals surface area contributed by atoms with Gasteiger partial charge < -0.3 is 29.4 Å². The van der Waals surface area contributed by atoms with Crippen molar-refractivity contribution in [3.05, 3.63) is 65.4 Å². The molecule has 2 N–H and O–H groups in total. The SMILES string of the molecule is COC(=O)c1cccc(-c2cnc(N3CCC(C(O)CN4CC[C@]5(CNc6cc(C)ccc65)[C@H](C)C4)CC3)o2)c1. The van der Waals surface area contributed by atoms with Gasteiger partial charge in [0.2, 0.25) is 0 Å². The molecule has 0 amide bonds. The van der Waals surface area contributed by atoms with Gasteiger partial charge in [0.05, 0.1) is 25.0 Å². The van der Waals surface area contributed by atoms with E-state index in [0.717, 1.165) is 64.1 Å². The van der Waals surface area contributed by atoms with Gasteiger partial charge in [0.15, 0.2) is 5.76 Å². The maximum atomic E-state index is 11.9. The fourth-order valence-corrected chi connectivity index (χ4v) is 7.02. The van der Waals surface area contributed by atoms with Crippen LogP contribution in [-0.4, -0.2) is 73.4 Å². The summed E-state index contributed by atoms with van der Waals surface area (Å²) in [5, 5.41) is 14.9. The molecular formula is C32H40N4O4. The predicted octanol–water partition coefficient (Wildman–Crippen LogP) is 4.72. The van der Waals surface area contributed by atoms with Crippen LogP contribution in [0.5, 0.6) is 0 Å². The van der Waals surface area contributed by atoms with E-state index >= 15 is 0 Å². The summed E-state index contributed by atoms with van der Waals surface area (Å²) < 4.78 is 10.9. The number of β-amino-alcohol motifs (C(OH)–C–C–N with tert-alkyl or cyclic N) is 1. The van der Waals surface area contributed by atoms with Crippen LogP contribution in [0.1, 0.15) is 47.7 Å². The predicted molar refractivity (Wildman–Crippen MR) is 156 cm³/mol. The van der Waals surface area contributed by atoms with Crippen LogP contribution in [0.15, 0.2) is 53.1 Å². The molecule has 0 aliphatic carbocycles. The number of rotatable bonds is 6. The number of hydrogen-bond donors (Lipinski definition) is 2. The van der Waals surface area contributed by atoms with Gasteiger partial charge in [-0.05, 0) is 73.9 Å². The molecule has 2 aromatic carbocycles. The molecule has 8 nitrogen and oxygen atoms in total. The van der Waals surface area contributed by atoms with E-state index < -0.39 is 0 Å². The minimum Gasteiger partial charge on any atom is -0.465 e. The topological polar surface area (TPSA) is 91.1 Å². The molecule has 40 heavy (non-hydrogen) atoms. The number of ether oxygens (including phenoxy) is 1. The smallest absolute Gasteiger partial charge is 0.337 e. The Bertz CT molecular complexity index is 1360. The third-order valence-electron chi connectivity index (χ3n) is 9.52. The van der Waals surface area contributed by atoms with Gasteiger partial charge in [0, 0.05) is 49.4 Å². The molecule has 0 saturated carbocycles. The molecule has 8 heteroatoms. The van der Waals surface area contributed by atoms with Crippen molar-refractivity contribution >= 4 is 17.7 Å². The molecule has 1 aromatic heterocycles. The number of carbonyl (C=O) groups excluding carboxylic acids is 1. The minimum atomic E-state index is -0.378. The van der Waals surface area contributed by atoms with Crippen molar-refractivity contribution in [3.63, 3.8) is 0 Å². The summed E-state index contributed by atoms with van der Waals surface area (Å²) in [6.45, 7) is 9.91. The highest BCUT2D eigenvalue weighted by Gasteiger charge is 2.46. The molecule has 2 fully saturated rings. The summed E-state index contributed by atoms with van der Waals surface area (Å²) >= 11 is 0. The lowest BCUT2D eigenvalue weighted by atomic mass is 9.67. The first-order valence-electron chi connectivity index (χ1n) is 14.5. The van der Waals surface area contributed by atoms with Gasteiger partial charge >= 0.3 is 5.97 Å². The molecule has 0 bridgehead atoms. The van der Waals surface area contributed by atoms with E-state index in [2.05, 4.69) is 52.1 Å². The number of nitrogens with zero attached hydrogens (tertiary/aromatic N) is 3. The van der Waals surface area contributed by atoms with Crippen molar-refractivity contribution in [1.29, 1.82) is 0 Å². The van der Waals surface area contributed by atoms with Crippen LogP contribution in [0, 0.1) is 18.8 Å². The first kappa shape index (κ1) is 26.8. The number of esters is 1. The Balaban J connectivity index is 1.02. The highest BCUT2D eigenvalue weighted by molar-refractivity contribution is 5.90. The maximum Gasteiger partial charge on any atom is 0.337 e. The maximum absolute atomic E-state index is 11.9. The Morgan fingerprint density at radius 3 is 2.83 bits per heavy atom. The second kappa shape index (κ2) is 10.9. The first-order valence-corrected chi connectivity index (χ1v) is 14.5. The fourth-order valence-electron chi connectivity index (χ4n) is 7.02. The van der Waals surface area contributed by atoms with Crippen LogP contribution in [-0.2, 0) is 10.2 Å². The molecule has 3 atom stereocenters. The number of benzene rings is 2. The molecule has 0 radical (unpaired) electrons. The van der Waals surface area contributed by atoms with Crippen molar-refractivity contribution in [2.24, 2.45) is 11.8 Å². The number of carbonyl (C=O) groups is 1. The number of aliphatic hydroxyl groups is 1. The second-order valence-electron chi connectivity index (χ2n) is 11.9. The molecule has 3 aliphatic rings. The molecular weight excluding hydrogens is 504 g/mol. The fraction of sp³-hybridized carbons (Fsp3) is 0.500. The van der Waals surface area contributed by atoms with Gasteiger partial charge in [-0.3, -0.25) is 0 Å². The summed E-state index contributed by atoms with van der Waals surface area (Å²) in [4.78, 5) is 21.0. The number of oxazole rings is 1. The Labute approximate surface area is 236 Å². The van der Waals surface area contributed by atoms with Crippen molar-refractivity contribution in [2.45, 2.75) is 44.6 Å². The summed E-state index contributed by atoms with van der Waals surface area (Å²) in [5.41, 5.74) is 5.55. The molecule has 1 unspecified atom stereocenters. The van der Waals surface area contributed by atoms with Crippen LogP contribution in [0.2, 0.25) is 0 Å². The zero-order valence-corrected chi connectivity index (χ0v) is 23.7. The highest BCUT2D eigenvalue weighted by atomic mass is 16.5. The standard InChI is InChI=1S/C32H40N4O4/c1-21-7-8-26-27(15-21)34-20-32(26)11-14-35(18-22(32)2)19-28(37)23-9-12-36(13-10-23)31-33-17-29(40-31)24-5-4-6-25(16-24)30(38)39-3/h4-8,15-17,22-23,28,34,37H,9-14,18-20H2,1-3H3/t22-,28?,32+/m1/s1. The zero-order valence-electron chi connectivity index (χ0n) is 23.7. The third-order valence-corrected chi connectivity index (χ3v) is 9.52. The van der Waals surface area contributed by atoms with E-state index in [1.165, 1.54) is 23.9 Å². The van der Waals surface area contributed by atoms with Crippen LogP contribution in [0.3, 0.4) is 0 Å². The monoisotopic (exact) mass is 544 g/mol. The van der Waals surface area contributed by atoms with Crippen molar-refractivity contribution in [2.75, 3.05) is 56.6 Å². The van der Waals surface area contributed by atoms with E-state index in [1.807, 2.05) is 12.1 Å². The quantitative estimate of drug-likeness (QED) is 0.431. The van der Waals surface area contributed by atoms with Gasteiger partial charge in [0.1, 0.15) is 0 Å². The molecule has 1 spiro atoms. The van der Waals surface area contributed by atoms with E-state index in [9.17, 15) is 9.90 Å². The highest BCUT2D eigenvalue weighted by Crippen LogP contribution is 2.47. The van der Waals surface area contributed by atoms with Crippen LogP contribution < -0.4 is 10.2 Å². The molecule has 212 valence electrons. The third kappa shape index (κ3) is 4.99. The number of fused-ring (bicyclic) bond motifs is 2.